The largest absolute Gasteiger partial charge is 0.336 e. The van der Waals surface area contributed by atoms with Crippen molar-refractivity contribution in [1.82, 2.24) is 25.1 Å². The van der Waals surface area contributed by atoms with Crippen LogP contribution in [-0.2, 0) is 4.79 Å². The number of carbonyl (C=O) groups is 1. The molecule has 1 fully saturated rings. The first-order valence-corrected chi connectivity index (χ1v) is 10.1. The summed E-state index contributed by atoms with van der Waals surface area (Å²) in [6.45, 7) is 10.3. The number of rotatable bonds is 4. The Labute approximate surface area is 159 Å². The number of amides is 1. The van der Waals surface area contributed by atoms with Gasteiger partial charge in [0.2, 0.25) is 11.1 Å². The quantitative estimate of drug-likeness (QED) is 0.767. The van der Waals surface area contributed by atoms with Crippen molar-refractivity contribution >= 4 is 17.7 Å². The summed E-state index contributed by atoms with van der Waals surface area (Å²) in [5.74, 6) is 0.172. The molecule has 0 aliphatic carbocycles. The predicted molar refractivity (Wildman–Crippen MR) is 104 cm³/mol. The van der Waals surface area contributed by atoms with E-state index >= 15 is 0 Å². The van der Waals surface area contributed by atoms with Gasteiger partial charge in [0, 0.05) is 12.1 Å². The number of nitrogens with zero attached hydrogens (tertiary/aromatic N) is 5. The van der Waals surface area contributed by atoms with Crippen LogP contribution < -0.4 is 0 Å². The minimum absolute atomic E-state index is 0.172. The third kappa shape index (κ3) is 3.63. The van der Waals surface area contributed by atoms with E-state index in [-0.39, 0.29) is 11.2 Å². The Bertz CT molecular complexity index is 760. The normalized spacial score (nSPS) is 21.7. The number of thioether (sulfide) groups is 1. The Balaban J connectivity index is 1.82. The van der Waals surface area contributed by atoms with Crippen LogP contribution in [0, 0.1) is 13.8 Å². The van der Waals surface area contributed by atoms with Gasteiger partial charge in [-0.15, -0.1) is 5.10 Å². The second-order valence-corrected chi connectivity index (χ2v) is 8.56. The molecular weight excluding hydrogens is 346 g/mol. The van der Waals surface area contributed by atoms with E-state index in [1.54, 1.807) is 4.68 Å². The maximum absolute atomic E-state index is 13.1. The minimum atomic E-state index is -0.230. The highest BCUT2D eigenvalue weighted by molar-refractivity contribution is 8.00. The second kappa shape index (κ2) is 7.78. The van der Waals surface area contributed by atoms with Gasteiger partial charge in [-0.25, -0.2) is 0 Å². The van der Waals surface area contributed by atoms with E-state index in [4.69, 9.17) is 0 Å². The summed E-state index contributed by atoms with van der Waals surface area (Å²) in [6.07, 6.45) is 3.35. The van der Waals surface area contributed by atoms with E-state index in [0.29, 0.717) is 17.2 Å². The number of carbonyl (C=O) groups excluding carboxylic acids is 1. The number of piperidine rings is 1. The lowest BCUT2D eigenvalue weighted by molar-refractivity contribution is -0.136. The van der Waals surface area contributed by atoms with Crippen molar-refractivity contribution in [1.29, 1.82) is 0 Å². The summed E-state index contributed by atoms with van der Waals surface area (Å²) in [6, 6.07) is 6.71. The third-order valence-electron chi connectivity index (χ3n) is 5.17. The third-order valence-corrected chi connectivity index (χ3v) is 6.19. The van der Waals surface area contributed by atoms with Gasteiger partial charge < -0.3 is 4.90 Å². The number of hydrogen-bond donors (Lipinski definition) is 0. The molecule has 7 heteroatoms. The van der Waals surface area contributed by atoms with Crippen LogP contribution in [-0.4, -0.2) is 48.3 Å². The van der Waals surface area contributed by atoms with Crippen molar-refractivity contribution < 1.29 is 4.79 Å². The molecule has 1 aromatic carbocycles. The molecule has 1 aliphatic heterocycles. The fraction of sp³-hybridized carbons (Fsp3) is 0.579. The van der Waals surface area contributed by atoms with Crippen molar-refractivity contribution in [2.24, 2.45) is 0 Å². The van der Waals surface area contributed by atoms with Gasteiger partial charge in [-0.2, -0.15) is 4.68 Å². The molecule has 140 valence electrons. The number of aryl methyl sites for hydroxylation is 2. The van der Waals surface area contributed by atoms with E-state index in [9.17, 15) is 4.79 Å². The number of aromatic nitrogens is 4. The van der Waals surface area contributed by atoms with Crippen molar-refractivity contribution in [3.8, 4) is 5.69 Å². The molecule has 3 rings (SSSR count). The highest BCUT2D eigenvalue weighted by Crippen LogP contribution is 2.30. The molecule has 6 nitrogen and oxygen atoms in total. The van der Waals surface area contributed by atoms with Crippen molar-refractivity contribution in [2.75, 3.05) is 0 Å². The first-order valence-electron chi connectivity index (χ1n) is 9.24. The van der Waals surface area contributed by atoms with Crippen LogP contribution in [0.4, 0.5) is 0 Å². The highest BCUT2D eigenvalue weighted by atomic mass is 32.2. The van der Waals surface area contributed by atoms with Gasteiger partial charge in [-0.1, -0.05) is 30.0 Å². The standard InChI is InChI=1S/C19H27N5OS/c1-12-8-6-9-13(2)17(12)24-19(20-21-22-24)26-16(5)18(25)23-14(3)10-7-11-15(23)4/h6,8-9,14-16H,7,10-11H2,1-5H3/t14-,15-,16+/m0/s1. The fourth-order valence-electron chi connectivity index (χ4n) is 3.81. The molecule has 0 N–H and O–H groups in total. The molecule has 0 bridgehead atoms. The molecule has 0 unspecified atom stereocenters. The van der Waals surface area contributed by atoms with Crippen LogP contribution in [0.1, 0.15) is 51.2 Å². The maximum Gasteiger partial charge on any atom is 0.236 e. The average Bonchev–Trinajstić information content (AvgIpc) is 3.02. The smallest absolute Gasteiger partial charge is 0.236 e. The molecule has 0 spiro atoms. The lowest BCUT2D eigenvalue weighted by atomic mass is 9.97. The SMILES string of the molecule is Cc1cccc(C)c1-n1nnnc1S[C@H](C)C(=O)N1[C@@H](C)CCC[C@@H]1C. The Hall–Kier alpha value is -1.89. The van der Waals surface area contributed by atoms with Crippen molar-refractivity contribution in [3.63, 3.8) is 0 Å². The predicted octanol–water partition coefficient (Wildman–Crippen LogP) is 3.55. The van der Waals surface area contributed by atoms with Gasteiger partial charge >= 0.3 is 0 Å². The molecule has 1 amide bonds. The van der Waals surface area contributed by atoms with E-state index in [1.807, 2.05) is 43.9 Å². The minimum Gasteiger partial charge on any atom is -0.336 e. The molecule has 2 heterocycles. The Morgan fingerprint density at radius 3 is 2.42 bits per heavy atom. The molecule has 1 aromatic heterocycles. The molecule has 26 heavy (non-hydrogen) atoms. The summed E-state index contributed by atoms with van der Waals surface area (Å²) in [5, 5.41) is 12.6. The zero-order valence-corrected chi connectivity index (χ0v) is 17.0. The van der Waals surface area contributed by atoms with Gasteiger partial charge in [0.1, 0.15) is 0 Å². The average molecular weight is 374 g/mol. The summed E-state index contributed by atoms with van der Waals surface area (Å²) < 4.78 is 1.75. The number of likely N-dealkylation sites (tertiary alicyclic amines) is 1. The first kappa shape index (κ1) is 18.9. The second-order valence-electron chi connectivity index (χ2n) is 7.25. The number of hydrogen-bond acceptors (Lipinski definition) is 5. The molecule has 1 saturated heterocycles. The van der Waals surface area contributed by atoms with E-state index in [1.165, 1.54) is 18.2 Å². The molecular formula is C19H27N5OS. The highest BCUT2D eigenvalue weighted by Gasteiger charge is 2.32. The van der Waals surface area contributed by atoms with Gasteiger partial charge in [0.15, 0.2) is 0 Å². The Morgan fingerprint density at radius 1 is 1.19 bits per heavy atom. The molecule has 0 radical (unpaired) electrons. The zero-order valence-electron chi connectivity index (χ0n) is 16.1. The van der Waals surface area contributed by atoms with Crippen LogP contribution in [0.2, 0.25) is 0 Å². The van der Waals surface area contributed by atoms with E-state index < -0.39 is 0 Å². The van der Waals surface area contributed by atoms with Gasteiger partial charge in [-0.05, 0) is 75.4 Å². The Morgan fingerprint density at radius 2 is 1.81 bits per heavy atom. The van der Waals surface area contributed by atoms with Crippen molar-refractivity contribution in [2.45, 2.75) is 76.4 Å². The van der Waals surface area contributed by atoms with Gasteiger partial charge in [0.05, 0.1) is 10.9 Å². The maximum atomic E-state index is 13.1. The summed E-state index contributed by atoms with van der Waals surface area (Å²) in [4.78, 5) is 15.1. The van der Waals surface area contributed by atoms with Crippen LogP contribution in [0.15, 0.2) is 23.4 Å². The van der Waals surface area contributed by atoms with Gasteiger partial charge in [-0.3, -0.25) is 4.79 Å². The molecule has 2 aromatic rings. The number of benzene rings is 1. The van der Waals surface area contributed by atoms with Crippen LogP contribution >= 0.6 is 11.8 Å². The lowest BCUT2D eigenvalue weighted by Crippen LogP contribution is -2.50. The zero-order chi connectivity index (χ0) is 18.8. The molecule has 3 atom stereocenters. The fourth-order valence-corrected chi connectivity index (χ4v) is 4.66. The molecule has 0 saturated carbocycles. The monoisotopic (exact) mass is 373 g/mol. The number of para-hydroxylation sites is 1. The van der Waals surface area contributed by atoms with E-state index in [0.717, 1.165) is 29.7 Å². The summed E-state index contributed by atoms with van der Waals surface area (Å²) in [7, 11) is 0. The van der Waals surface area contributed by atoms with Crippen LogP contribution in [0.5, 0.6) is 0 Å². The Kier molecular flexibility index (Phi) is 5.65. The van der Waals surface area contributed by atoms with Crippen LogP contribution in [0.25, 0.3) is 5.69 Å². The summed E-state index contributed by atoms with van der Waals surface area (Å²) >= 11 is 1.43. The first-order chi connectivity index (χ1) is 12.4. The molecule has 1 aliphatic rings. The topological polar surface area (TPSA) is 63.9 Å². The summed E-state index contributed by atoms with van der Waals surface area (Å²) in [5.41, 5.74) is 3.20. The number of tetrazole rings is 1. The lowest BCUT2D eigenvalue weighted by Gasteiger charge is -2.40. The van der Waals surface area contributed by atoms with Gasteiger partial charge in [0.25, 0.3) is 0 Å². The van der Waals surface area contributed by atoms with E-state index in [2.05, 4.69) is 29.4 Å². The van der Waals surface area contributed by atoms with Crippen LogP contribution in [0.3, 0.4) is 0 Å². The van der Waals surface area contributed by atoms with Crippen molar-refractivity contribution in [3.05, 3.63) is 29.3 Å².